The molecule has 2 aromatic heterocycles. The van der Waals surface area contributed by atoms with Gasteiger partial charge in [0.2, 0.25) is 0 Å². The number of hydrogen-bond acceptors (Lipinski definition) is 7. The van der Waals surface area contributed by atoms with Crippen LogP contribution in [0.1, 0.15) is 18.3 Å². The van der Waals surface area contributed by atoms with Crippen molar-refractivity contribution in [2.45, 2.75) is 20.4 Å². The molecule has 0 atom stereocenters. The molecule has 0 spiro atoms. The second kappa shape index (κ2) is 7.88. The number of para-hydroxylation sites is 1. The molecule has 3 rings (SSSR count). The maximum atomic E-state index is 14.5. The van der Waals surface area contributed by atoms with Crippen molar-refractivity contribution < 1.29 is 4.39 Å². The van der Waals surface area contributed by atoms with Crippen LogP contribution in [-0.4, -0.2) is 15.3 Å². The van der Waals surface area contributed by atoms with Crippen molar-refractivity contribution in [2.75, 3.05) is 0 Å². The first-order valence-electron chi connectivity index (χ1n) is 8.71. The predicted molar refractivity (Wildman–Crippen MR) is 115 cm³/mol. The summed E-state index contributed by atoms with van der Waals surface area (Å²) >= 11 is 1.34. The van der Waals surface area contributed by atoms with Crippen LogP contribution >= 0.6 is 11.3 Å². The van der Waals surface area contributed by atoms with E-state index in [-0.39, 0.29) is 46.4 Å². The molecule has 3 aromatic rings. The summed E-state index contributed by atoms with van der Waals surface area (Å²) < 4.78 is 15.7. The number of allylic oxidation sites excluding steroid dienone is 1. The van der Waals surface area contributed by atoms with Gasteiger partial charge < -0.3 is 22.2 Å². The molecule has 0 saturated carbocycles. The standard InChI is InChI=1S/C20H21FN6OS/c1-10-9-29-19-16(10)20(28)27(14-7-5-4-6-13(14)21)15(26-19)8-25-18(24)17(11(2)22)12(3)23/h4-7,9,23,25H,2,8,22,24H2,1,3H3/b18-17-,23-12?. The number of benzene rings is 1. The van der Waals surface area contributed by atoms with Gasteiger partial charge >= 0.3 is 0 Å². The molecule has 1 aromatic carbocycles. The topological polar surface area (TPSA) is 123 Å². The van der Waals surface area contributed by atoms with Crippen LogP contribution in [0.5, 0.6) is 0 Å². The van der Waals surface area contributed by atoms with Gasteiger partial charge in [-0.1, -0.05) is 18.7 Å². The van der Waals surface area contributed by atoms with Gasteiger partial charge in [-0.25, -0.2) is 9.37 Å². The Morgan fingerprint density at radius 2 is 2.07 bits per heavy atom. The fraction of sp³-hybridized carbons (Fsp3) is 0.150. The number of nitrogens with one attached hydrogen (secondary N) is 2. The third-order valence-electron chi connectivity index (χ3n) is 4.36. The maximum Gasteiger partial charge on any atom is 0.267 e. The molecule has 29 heavy (non-hydrogen) atoms. The lowest BCUT2D eigenvalue weighted by molar-refractivity contribution is 0.607. The zero-order chi connectivity index (χ0) is 21.3. The maximum absolute atomic E-state index is 14.5. The summed E-state index contributed by atoms with van der Waals surface area (Å²) in [5.74, 6) is -0.136. The van der Waals surface area contributed by atoms with Gasteiger partial charge in [0.15, 0.2) is 0 Å². The highest BCUT2D eigenvalue weighted by atomic mass is 32.1. The van der Waals surface area contributed by atoms with E-state index in [1.807, 2.05) is 12.3 Å². The summed E-state index contributed by atoms with van der Waals surface area (Å²) in [6.07, 6.45) is 0. The Kier molecular flexibility index (Phi) is 5.51. The summed E-state index contributed by atoms with van der Waals surface area (Å²) in [5, 5.41) is 13.0. The molecule has 150 valence electrons. The van der Waals surface area contributed by atoms with Crippen molar-refractivity contribution in [3.8, 4) is 5.69 Å². The van der Waals surface area contributed by atoms with E-state index in [9.17, 15) is 9.18 Å². The lowest BCUT2D eigenvalue weighted by atomic mass is 10.1. The number of fused-ring (bicyclic) bond motifs is 1. The highest BCUT2D eigenvalue weighted by Crippen LogP contribution is 2.23. The van der Waals surface area contributed by atoms with Gasteiger partial charge in [0.1, 0.15) is 22.3 Å². The molecule has 9 heteroatoms. The van der Waals surface area contributed by atoms with Gasteiger partial charge in [-0.15, -0.1) is 11.3 Å². The monoisotopic (exact) mass is 412 g/mol. The first kappa shape index (κ1) is 20.3. The highest BCUT2D eigenvalue weighted by molar-refractivity contribution is 7.16. The molecule has 0 radical (unpaired) electrons. The molecular weight excluding hydrogens is 391 g/mol. The van der Waals surface area contributed by atoms with Crippen LogP contribution < -0.4 is 22.3 Å². The number of aryl methyl sites for hydroxylation is 1. The number of thiophene rings is 1. The van der Waals surface area contributed by atoms with Gasteiger partial charge in [0, 0.05) is 11.4 Å². The Morgan fingerprint density at radius 1 is 1.38 bits per heavy atom. The molecule has 0 saturated heterocycles. The van der Waals surface area contributed by atoms with E-state index in [0.717, 1.165) is 5.56 Å². The minimum absolute atomic E-state index is 0.0202. The fourth-order valence-corrected chi connectivity index (χ4v) is 3.98. The van der Waals surface area contributed by atoms with Crippen LogP contribution in [0.2, 0.25) is 0 Å². The molecule has 0 aliphatic heterocycles. The molecule has 0 aliphatic carbocycles. The number of nitrogens with two attached hydrogens (primary N) is 2. The molecule has 2 heterocycles. The first-order valence-corrected chi connectivity index (χ1v) is 9.58. The van der Waals surface area contributed by atoms with Gasteiger partial charge in [-0.05, 0) is 36.9 Å². The van der Waals surface area contributed by atoms with Crippen molar-refractivity contribution in [1.82, 2.24) is 14.9 Å². The van der Waals surface area contributed by atoms with Gasteiger partial charge in [-0.3, -0.25) is 9.36 Å². The van der Waals surface area contributed by atoms with Crippen molar-refractivity contribution in [3.63, 3.8) is 0 Å². The Bertz CT molecular complexity index is 1210. The van der Waals surface area contributed by atoms with Crippen molar-refractivity contribution in [3.05, 3.63) is 80.9 Å². The lowest BCUT2D eigenvalue weighted by Crippen LogP contribution is -2.31. The Hall–Kier alpha value is -3.46. The number of rotatable bonds is 6. The van der Waals surface area contributed by atoms with E-state index in [4.69, 9.17) is 16.9 Å². The van der Waals surface area contributed by atoms with E-state index in [2.05, 4.69) is 16.9 Å². The first-order chi connectivity index (χ1) is 13.7. The summed E-state index contributed by atoms with van der Waals surface area (Å²) in [5.41, 5.74) is 12.9. The number of hydrogen-bond donors (Lipinski definition) is 4. The van der Waals surface area contributed by atoms with Crippen LogP contribution in [0.4, 0.5) is 4.39 Å². The van der Waals surface area contributed by atoms with E-state index in [0.29, 0.717) is 10.2 Å². The predicted octanol–water partition coefficient (Wildman–Crippen LogP) is 2.67. The number of halogens is 1. The summed E-state index contributed by atoms with van der Waals surface area (Å²) in [6.45, 7) is 7.00. The van der Waals surface area contributed by atoms with Crippen molar-refractivity contribution >= 4 is 27.3 Å². The van der Waals surface area contributed by atoms with Gasteiger partial charge in [0.05, 0.1) is 23.2 Å². The van der Waals surface area contributed by atoms with Gasteiger partial charge in [-0.2, -0.15) is 0 Å². The average Bonchev–Trinajstić information content (AvgIpc) is 3.01. The van der Waals surface area contributed by atoms with Crippen LogP contribution in [0, 0.1) is 18.2 Å². The highest BCUT2D eigenvalue weighted by Gasteiger charge is 2.18. The molecular formula is C20H21FN6OS. The number of nitrogens with zero attached hydrogens (tertiary/aromatic N) is 2. The zero-order valence-electron chi connectivity index (χ0n) is 16.0. The molecule has 0 unspecified atom stereocenters. The van der Waals surface area contributed by atoms with E-state index in [1.165, 1.54) is 35.0 Å². The average molecular weight is 412 g/mol. The fourth-order valence-electron chi connectivity index (χ4n) is 3.05. The van der Waals surface area contributed by atoms with Crippen LogP contribution in [0.15, 0.2) is 58.1 Å². The zero-order valence-corrected chi connectivity index (χ0v) is 16.9. The normalized spacial score (nSPS) is 12.0. The Morgan fingerprint density at radius 3 is 2.69 bits per heavy atom. The van der Waals surface area contributed by atoms with Crippen molar-refractivity contribution in [2.24, 2.45) is 11.5 Å². The molecule has 0 fully saturated rings. The molecule has 7 nitrogen and oxygen atoms in total. The summed E-state index contributed by atoms with van der Waals surface area (Å²) in [4.78, 5) is 18.3. The minimum atomic E-state index is -0.542. The SMILES string of the molecule is C=C(N)/C(C(C)=N)=C(\N)NCc1nc2scc(C)c2c(=O)n1-c1ccccc1F. The Labute approximate surface area is 170 Å². The quantitative estimate of drug-likeness (QED) is 0.366. The van der Waals surface area contributed by atoms with Crippen LogP contribution in [0.25, 0.3) is 15.9 Å². The second-order valence-corrected chi connectivity index (χ2v) is 7.37. The smallest absolute Gasteiger partial charge is 0.267 e. The third kappa shape index (κ3) is 3.77. The largest absolute Gasteiger partial charge is 0.399 e. The summed E-state index contributed by atoms with van der Waals surface area (Å²) in [6, 6.07) is 6.00. The molecule has 6 N–H and O–H groups in total. The molecule has 0 bridgehead atoms. The van der Waals surface area contributed by atoms with Crippen LogP contribution in [0.3, 0.4) is 0 Å². The van der Waals surface area contributed by atoms with Crippen LogP contribution in [-0.2, 0) is 6.54 Å². The van der Waals surface area contributed by atoms with E-state index >= 15 is 0 Å². The lowest BCUT2D eigenvalue weighted by Gasteiger charge is -2.16. The summed E-state index contributed by atoms with van der Waals surface area (Å²) in [7, 11) is 0. The van der Waals surface area contributed by atoms with E-state index < -0.39 is 5.82 Å². The second-order valence-electron chi connectivity index (χ2n) is 6.51. The molecule has 0 amide bonds. The molecule has 0 aliphatic rings. The minimum Gasteiger partial charge on any atom is -0.399 e. The Balaban J connectivity index is 2.17. The van der Waals surface area contributed by atoms with E-state index in [1.54, 1.807) is 12.1 Å². The van der Waals surface area contributed by atoms with Gasteiger partial charge in [0.25, 0.3) is 5.56 Å². The third-order valence-corrected chi connectivity index (χ3v) is 5.35. The van der Waals surface area contributed by atoms with Crippen molar-refractivity contribution in [1.29, 1.82) is 5.41 Å². The number of aromatic nitrogens is 2.